The van der Waals surface area contributed by atoms with Gasteiger partial charge in [0.15, 0.2) is 0 Å². The summed E-state index contributed by atoms with van der Waals surface area (Å²) in [6.07, 6.45) is 2.09. The van der Waals surface area contributed by atoms with Crippen LogP contribution in [0.25, 0.3) is 0 Å². The van der Waals surface area contributed by atoms with E-state index in [1.165, 1.54) is 0 Å². The number of hydrogen-bond acceptors (Lipinski definition) is 1. The minimum atomic E-state index is 0.00370. The highest BCUT2D eigenvalue weighted by molar-refractivity contribution is 9.09. The van der Waals surface area contributed by atoms with E-state index in [2.05, 4.69) is 41.9 Å². The zero-order valence-electron chi connectivity index (χ0n) is 11.7. The van der Waals surface area contributed by atoms with Crippen LogP contribution in [0.3, 0.4) is 0 Å². The van der Waals surface area contributed by atoms with Gasteiger partial charge >= 0.3 is 0 Å². The molecule has 1 aliphatic rings. The highest BCUT2D eigenvalue weighted by Crippen LogP contribution is 2.31. The fourth-order valence-electron chi connectivity index (χ4n) is 2.73. The first-order valence-electron chi connectivity index (χ1n) is 7.11. The van der Waals surface area contributed by atoms with Crippen LogP contribution in [0, 0.1) is 5.92 Å². The highest BCUT2D eigenvalue weighted by atomic mass is 79.9. The lowest BCUT2D eigenvalue weighted by Crippen LogP contribution is -2.36. The minimum absolute atomic E-state index is 0.00370. The number of carbonyl (C=O) groups is 1. The lowest BCUT2D eigenvalue weighted by atomic mass is 9.84. The van der Waals surface area contributed by atoms with E-state index in [4.69, 9.17) is 0 Å². The van der Waals surface area contributed by atoms with Gasteiger partial charge in [0, 0.05) is 17.9 Å². The van der Waals surface area contributed by atoms with Crippen LogP contribution in [0.5, 0.6) is 0 Å². The summed E-state index contributed by atoms with van der Waals surface area (Å²) in [6.45, 7) is 6.07. The summed E-state index contributed by atoms with van der Waals surface area (Å²) in [5.74, 6) is 0.677. The molecule has 104 valence electrons. The second-order valence-corrected chi connectivity index (χ2v) is 6.74. The predicted molar refractivity (Wildman–Crippen MR) is 82.6 cm³/mol. The van der Waals surface area contributed by atoms with Crippen molar-refractivity contribution in [2.45, 2.75) is 37.4 Å². The average Bonchev–Trinajstić information content (AvgIpc) is 2.86. The zero-order chi connectivity index (χ0) is 13.8. The Labute approximate surface area is 124 Å². The van der Waals surface area contributed by atoms with E-state index in [1.54, 1.807) is 0 Å². The number of hydrogen-bond donors (Lipinski definition) is 0. The Morgan fingerprint density at radius 2 is 2.11 bits per heavy atom. The summed E-state index contributed by atoms with van der Waals surface area (Å²) in [5.41, 5.74) is 1.15. The SMILES string of the molecule is CCC(C)C(C(=O)N1CCC(Br)C1)c1ccccc1. The van der Waals surface area contributed by atoms with Gasteiger partial charge in [0.1, 0.15) is 0 Å². The Balaban J connectivity index is 2.21. The van der Waals surface area contributed by atoms with Gasteiger partial charge in [-0.1, -0.05) is 66.5 Å². The quantitative estimate of drug-likeness (QED) is 0.771. The molecular weight excluding hydrogens is 302 g/mol. The van der Waals surface area contributed by atoms with Crippen LogP contribution in [0.15, 0.2) is 30.3 Å². The predicted octanol–water partition coefficient (Wildman–Crippen LogP) is 3.81. The molecule has 2 rings (SSSR count). The molecule has 0 saturated carbocycles. The Morgan fingerprint density at radius 3 is 2.63 bits per heavy atom. The number of halogens is 1. The second kappa shape index (κ2) is 6.56. The van der Waals surface area contributed by atoms with Crippen LogP contribution < -0.4 is 0 Å². The first kappa shape index (κ1) is 14.6. The summed E-state index contributed by atoms with van der Waals surface area (Å²) >= 11 is 3.61. The molecule has 2 nitrogen and oxygen atoms in total. The zero-order valence-corrected chi connectivity index (χ0v) is 13.3. The molecule has 1 aromatic rings. The molecule has 0 aromatic heterocycles. The Kier molecular flexibility index (Phi) is 5.03. The fraction of sp³-hybridized carbons (Fsp3) is 0.562. The number of rotatable bonds is 4. The second-order valence-electron chi connectivity index (χ2n) is 5.44. The molecule has 0 aliphatic carbocycles. The van der Waals surface area contributed by atoms with Crippen molar-refractivity contribution in [2.75, 3.05) is 13.1 Å². The van der Waals surface area contributed by atoms with Crippen molar-refractivity contribution in [3.63, 3.8) is 0 Å². The fourth-order valence-corrected chi connectivity index (χ4v) is 3.28. The molecule has 0 spiro atoms. The molecule has 3 heteroatoms. The summed E-state index contributed by atoms with van der Waals surface area (Å²) < 4.78 is 0. The van der Waals surface area contributed by atoms with Crippen molar-refractivity contribution in [1.29, 1.82) is 0 Å². The summed E-state index contributed by atoms with van der Waals surface area (Å²) in [4.78, 5) is 15.3. The number of benzene rings is 1. The maximum atomic E-state index is 12.8. The summed E-state index contributed by atoms with van der Waals surface area (Å²) in [5, 5.41) is 0. The number of nitrogens with zero attached hydrogens (tertiary/aromatic N) is 1. The number of likely N-dealkylation sites (tertiary alicyclic amines) is 1. The first-order valence-corrected chi connectivity index (χ1v) is 8.02. The molecule has 0 radical (unpaired) electrons. The van der Waals surface area contributed by atoms with E-state index in [0.717, 1.165) is 31.5 Å². The van der Waals surface area contributed by atoms with Gasteiger partial charge in [-0.15, -0.1) is 0 Å². The molecular formula is C16H22BrNO. The van der Waals surface area contributed by atoms with E-state index in [-0.39, 0.29) is 5.92 Å². The van der Waals surface area contributed by atoms with Gasteiger partial charge in [-0.3, -0.25) is 4.79 Å². The van der Waals surface area contributed by atoms with Crippen LogP contribution in [0.4, 0.5) is 0 Å². The van der Waals surface area contributed by atoms with Crippen molar-refractivity contribution in [1.82, 2.24) is 4.90 Å². The Morgan fingerprint density at radius 1 is 1.42 bits per heavy atom. The van der Waals surface area contributed by atoms with Crippen molar-refractivity contribution in [2.24, 2.45) is 5.92 Å². The van der Waals surface area contributed by atoms with Crippen LogP contribution in [-0.2, 0) is 4.79 Å². The monoisotopic (exact) mass is 323 g/mol. The van der Waals surface area contributed by atoms with Gasteiger partial charge in [0.25, 0.3) is 0 Å². The van der Waals surface area contributed by atoms with Crippen LogP contribution in [0.1, 0.15) is 38.2 Å². The van der Waals surface area contributed by atoms with Crippen LogP contribution in [-0.4, -0.2) is 28.7 Å². The molecule has 1 heterocycles. The van der Waals surface area contributed by atoms with Crippen molar-refractivity contribution in [3.8, 4) is 0 Å². The first-order chi connectivity index (χ1) is 9.13. The lowest BCUT2D eigenvalue weighted by Gasteiger charge is -2.27. The minimum Gasteiger partial charge on any atom is -0.341 e. The van der Waals surface area contributed by atoms with E-state index < -0.39 is 0 Å². The smallest absolute Gasteiger partial charge is 0.230 e. The van der Waals surface area contributed by atoms with Crippen molar-refractivity contribution < 1.29 is 4.79 Å². The van der Waals surface area contributed by atoms with Gasteiger partial charge < -0.3 is 4.90 Å². The molecule has 3 unspecified atom stereocenters. The average molecular weight is 324 g/mol. The van der Waals surface area contributed by atoms with Crippen LogP contribution in [0.2, 0.25) is 0 Å². The third kappa shape index (κ3) is 3.38. The largest absolute Gasteiger partial charge is 0.341 e. The molecule has 1 aromatic carbocycles. The number of alkyl halides is 1. The summed E-state index contributed by atoms with van der Waals surface area (Å²) in [7, 11) is 0. The molecule has 1 aliphatic heterocycles. The summed E-state index contributed by atoms with van der Waals surface area (Å²) in [6, 6.07) is 10.2. The maximum Gasteiger partial charge on any atom is 0.230 e. The molecule has 19 heavy (non-hydrogen) atoms. The third-order valence-corrected chi connectivity index (χ3v) is 4.83. The standard InChI is InChI=1S/C16H22BrNO/c1-3-12(2)15(13-7-5-4-6-8-13)16(19)18-10-9-14(17)11-18/h4-8,12,14-15H,3,9-11H2,1-2H3. The van der Waals surface area contributed by atoms with Gasteiger partial charge in [0.05, 0.1) is 5.92 Å². The molecule has 1 fully saturated rings. The number of carbonyl (C=O) groups excluding carboxylic acids is 1. The highest BCUT2D eigenvalue weighted by Gasteiger charge is 2.33. The van der Waals surface area contributed by atoms with Gasteiger partial charge in [-0.25, -0.2) is 0 Å². The third-order valence-electron chi connectivity index (χ3n) is 4.08. The van der Waals surface area contributed by atoms with E-state index in [9.17, 15) is 4.79 Å². The Bertz CT molecular complexity index is 420. The molecule has 3 atom stereocenters. The number of amides is 1. The maximum absolute atomic E-state index is 12.8. The normalized spacial score (nSPS) is 22.3. The molecule has 0 bridgehead atoms. The Hall–Kier alpha value is -0.830. The topological polar surface area (TPSA) is 20.3 Å². The molecule has 1 saturated heterocycles. The van der Waals surface area contributed by atoms with Gasteiger partial charge in [0.2, 0.25) is 5.91 Å². The molecule has 1 amide bonds. The van der Waals surface area contributed by atoms with Gasteiger partial charge in [-0.05, 0) is 17.9 Å². The van der Waals surface area contributed by atoms with Gasteiger partial charge in [-0.2, -0.15) is 0 Å². The van der Waals surface area contributed by atoms with Crippen LogP contribution >= 0.6 is 15.9 Å². The molecule has 0 N–H and O–H groups in total. The van der Waals surface area contributed by atoms with E-state index in [0.29, 0.717) is 16.7 Å². The lowest BCUT2D eigenvalue weighted by molar-refractivity contribution is -0.132. The van der Waals surface area contributed by atoms with E-state index in [1.807, 2.05) is 23.1 Å². The van der Waals surface area contributed by atoms with Crippen molar-refractivity contribution >= 4 is 21.8 Å². The van der Waals surface area contributed by atoms with Crippen molar-refractivity contribution in [3.05, 3.63) is 35.9 Å². The van der Waals surface area contributed by atoms with E-state index >= 15 is 0 Å².